The summed E-state index contributed by atoms with van der Waals surface area (Å²) in [6.07, 6.45) is 9.39. The second-order valence-corrected chi connectivity index (χ2v) is 11.5. The van der Waals surface area contributed by atoms with Crippen molar-refractivity contribution in [3.8, 4) is 5.75 Å². The summed E-state index contributed by atoms with van der Waals surface area (Å²) in [5.41, 5.74) is 3.81. The van der Waals surface area contributed by atoms with Crippen LogP contribution in [0.25, 0.3) is 0 Å². The van der Waals surface area contributed by atoms with Crippen LogP contribution in [0.15, 0.2) is 48.5 Å². The lowest BCUT2D eigenvalue weighted by atomic mass is 9.67. The Balaban J connectivity index is 1.92. The maximum atomic E-state index is 10.7. The van der Waals surface area contributed by atoms with E-state index in [1.54, 1.807) is 0 Å². The van der Waals surface area contributed by atoms with Crippen LogP contribution in [-0.4, -0.2) is 22.9 Å². The summed E-state index contributed by atoms with van der Waals surface area (Å²) in [7, 11) is 0. The van der Waals surface area contributed by atoms with Crippen LogP contribution in [0.4, 0.5) is 0 Å². The van der Waals surface area contributed by atoms with Crippen molar-refractivity contribution in [1.82, 2.24) is 0 Å². The average Bonchev–Trinajstić information content (AvgIpc) is 2.85. The van der Waals surface area contributed by atoms with Crippen LogP contribution in [0, 0.1) is 11.8 Å². The highest BCUT2D eigenvalue weighted by molar-refractivity contribution is 5.43. The number of unbranched alkanes of at least 4 members (excludes halogenated alkanes) is 3. The molecule has 0 radical (unpaired) electrons. The Morgan fingerprint density at radius 3 is 2.46 bits per heavy atom. The van der Waals surface area contributed by atoms with Crippen LogP contribution in [0.3, 0.4) is 0 Å². The van der Waals surface area contributed by atoms with Gasteiger partial charge in [0, 0.05) is 6.61 Å². The molecule has 2 aromatic rings. The quantitative estimate of drug-likeness (QED) is 0.288. The highest BCUT2D eigenvalue weighted by Crippen LogP contribution is 2.47. The molecule has 3 heteroatoms. The van der Waals surface area contributed by atoms with Gasteiger partial charge < -0.3 is 14.9 Å². The van der Waals surface area contributed by atoms with Crippen molar-refractivity contribution < 1.29 is 14.9 Å². The summed E-state index contributed by atoms with van der Waals surface area (Å²) in [6, 6.07) is 17.2. The van der Waals surface area contributed by atoms with Gasteiger partial charge in [0.25, 0.3) is 0 Å². The topological polar surface area (TPSA) is 49.7 Å². The summed E-state index contributed by atoms with van der Waals surface area (Å²) in [4.78, 5) is 0. The lowest BCUT2D eigenvalue weighted by Gasteiger charge is -2.40. The summed E-state index contributed by atoms with van der Waals surface area (Å²) in [5, 5.41) is 20.2. The van der Waals surface area contributed by atoms with Crippen LogP contribution in [0.2, 0.25) is 0 Å². The van der Waals surface area contributed by atoms with E-state index in [0.717, 1.165) is 37.0 Å². The number of ether oxygens (including phenoxy) is 1. The molecule has 0 bridgehead atoms. The Morgan fingerprint density at radius 1 is 0.971 bits per heavy atom. The monoisotopic (exact) mass is 480 g/mol. The van der Waals surface area contributed by atoms with E-state index in [1.807, 2.05) is 6.07 Å². The number of hydrogen-bond donors (Lipinski definition) is 2. The van der Waals surface area contributed by atoms with Crippen LogP contribution in [-0.2, 0) is 12.0 Å². The van der Waals surface area contributed by atoms with E-state index in [9.17, 15) is 10.2 Å². The lowest BCUT2D eigenvalue weighted by Crippen LogP contribution is -2.33. The highest BCUT2D eigenvalue weighted by Gasteiger charge is 2.37. The smallest absolute Gasteiger partial charge is 0.123 e. The Morgan fingerprint density at radius 2 is 1.74 bits per heavy atom. The van der Waals surface area contributed by atoms with Crippen LogP contribution in [0.1, 0.15) is 108 Å². The molecule has 1 fully saturated rings. The highest BCUT2D eigenvalue weighted by atomic mass is 16.5. The first-order chi connectivity index (χ1) is 16.9. The molecule has 0 unspecified atom stereocenters. The molecule has 35 heavy (non-hydrogen) atoms. The summed E-state index contributed by atoms with van der Waals surface area (Å²) in [6.45, 7) is 9.99. The molecule has 3 rings (SSSR count). The van der Waals surface area contributed by atoms with E-state index in [0.29, 0.717) is 18.4 Å². The van der Waals surface area contributed by atoms with Gasteiger partial charge in [-0.3, -0.25) is 0 Å². The molecule has 0 saturated heterocycles. The van der Waals surface area contributed by atoms with Crippen molar-refractivity contribution in [2.45, 2.75) is 110 Å². The van der Waals surface area contributed by atoms with Crippen molar-refractivity contribution in [1.29, 1.82) is 0 Å². The van der Waals surface area contributed by atoms with E-state index in [4.69, 9.17) is 4.74 Å². The first kappa shape index (κ1) is 27.7. The van der Waals surface area contributed by atoms with Gasteiger partial charge in [-0.1, -0.05) is 95.8 Å². The zero-order valence-corrected chi connectivity index (χ0v) is 22.5. The van der Waals surface area contributed by atoms with Gasteiger partial charge in [-0.15, -0.1) is 0 Å². The van der Waals surface area contributed by atoms with Crippen molar-refractivity contribution in [3.63, 3.8) is 0 Å². The van der Waals surface area contributed by atoms with Gasteiger partial charge in [0.2, 0.25) is 0 Å². The Kier molecular flexibility index (Phi) is 10.7. The van der Waals surface area contributed by atoms with Crippen molar-refractivity contribution in [3.05, 3.63) is 65.2 Å². The van der Waals surface area contributed by atoms with Gasteiger partial charge >= 0.3 is 0 Å². The molecule has 2 aromatic carbocycles. The molecular formula is C32H48O3. The average molecular weight is 481 g/mol. The molecule has 0 aliphatic heterocycles. The third-order valence-corrected chi connectivity index (χ3v) is 8.20. The molecular weight excluding hydrogens is 432 g/mol. The van der Waals surface area contributed by atoms with Gasteiger partial charge in [-0.25, -0.2) is 0 Å². The van der Waals surface area contributed by atoms with E-state index < -0.39 is 0 Å². The first-order valence-electron chi connectivity index (χ1n) is 14.0. The maximum Gasteiger partial charge on any atom is 0.123 e. The number of rotatable bonds is 13. The number of aliphatic hydroxyl groups is 2. The van der Waals surface area contributed by atoms with E-state index in [2.05, 4.69) is 70.2 Å². The number of benzene rings is 2. The SMILES string of the molecule is CCCCCCC(C)(C)c1ccc([C@@H]2C[C@H](O)C[C@H](C)[C@H]2CCCO)c(OCc2ccccc2)c1. The van der Waals surface area contributed by atoms with Gasteiger partial charge in [0.1, 0.15) is 12.4 Å². The molecule has 1 aliphatic rings. The Hall–Kier alpha value is -1.84. The molecule has 194 valence electrons. The molecule has 2 N–H and O–H groups in total. The second kappa shape index (κ2) is 13.5. The molecule has 0 heterocycles. The molecule has 0 amide bonds. The Bertz CT molecular complexity index is 876. The standard InChI is InChI=1S/C32H48O3/c1-5-6-7-11-18-32(3,4)26-16-17-29(31(21-26)35-23-25-13-9-8-10-14-25)30-22-27(34)20-24(2)28(30)15-12-19-33/h8-10,13-14,16-17,21,24,27-28,30,33-34H,5-7,11-12,15,18-20,22-23H2,1-4H3/t24-,27+,28+,30+/m0/s1. The zero-order valence-electron chi connectivity index (χ0n) is 22.5. The van der Waals surface area contributed by atoms with Crippen LogP contribution >= 0.6 is 0 Å². The normalized spacial score (nSPS) is 22.8. The molecule has 3 nitrogen and oxygen atoms in total. The lowest BCUT2D eigenvalue weighted by molar-refractivity contribution is 0.0526. The summed E-state index contributed by atoms with van der Waals surface area (Å²) < 4.78 is 6.55. The third kappa shape index (κ3) is 7.82. The number of hydrogen-bond acceptors (Lipinski definition) is 3. The predicted octanol–water partition coefficient (Wildman–Crippen LogP) is 7.78. The Labute approximate surface area is 213 Å². The second-order valence-electron chi connectivity index (χ2n) is 11.5. The van der Waals surface area contributed by atoms with E-state index in [1.165, 1.54) is 43.2 Å². The van der Waals surface area contributed by atoms with Crippen LogP contribution in [0.5, 0.6) is 5.75 Å². The molecule has 0 spiro atoms. The van der Waals surface area contributed by atoms with Crippen LogP contribution < -0.4 is 4.74 Å². The minimum atomic E-state index is -0.281. The molecule has 1 saturated carbocycles. The van der Waals surface area contributed by atoms with E-state index >= 15 is 0 Å². The minimum absolute atomic E-state index is 0.0901. The number of aliphatic hydroxyl groups excluding tert-OH is 2. The largest absolute Gasteiger partial charge is 0.489 e. The fourth-order valence-corrected chi connectivity index (χ4v) is 5.99. The zero-order chi connectivity index (χ0) is 25.3. The summed E-state index contributed by atoms with van der Waals surface area (Å²) in [5.74, 6) is 2.07. The van der Waals surface area contributed by atoms with Crippen molar-refractivity contribution in [2.75, 3.05) is 6.61 Å². The fraction of sp³-hybridized carbons (Fsp3) is 0.625. The van der Waals surface area contributed by atoms with Crippen molar-refractivity contribution >= 4 is 0 Å². The van der Waals surface area contributed by atoms with Gasteiger partial charge in [-0.2, -0.15) is 0 Å². The molecule has 4 atom stereocenters. The minimum Gasteiger partial charge on any atom is -0.489 e. The van der Waals surface area contributed by atoms with Gasteiger partial charge in [0.15, 0.2) is 0 Å². The third-order valence-electron chi connectivity index (χ3n) is 8.20. The van der Waals surface area contributed by atoms with Gasteiger partial charge in [0.05, 0.1) is 6.10 Å². The van der Waals surface area contributed by atoms with Gasteiger partial charge in [-0.05, 0) is 78.0 Å². The first-order valence-corrected chi connectivity index (χ1v) is 14.0. The molecule has 0 aromatic heterocycles. The van der Waals surface area contributed by atoms with E-state index in [-0.39, 0.29) is 24.0 Å². The predicted molar refractivity (Wildman–Crippen MR) is 146 cm³/mol. The fourth-order valence-electron chi connectivity index (χ4n) is 5.99. The van der Waals surface area contributed by atoms with Crippen molar-refractivity contribution in [2.24, 2.45) is 11.8 Å². The summed E-state index contributed by atoms with van der Waals surface area (Å²) >= 11 is 0. The maximum absolute atomic E-state index is 10.7. The molecule has 1 aliphatic carbocycles.